The van der Waals surface area contributed by atoms with Crippen LogP contribution in [0.15, 0.2) is 41.8 Å². The van der Waals surface area contributed by atoms with E-state index in [0.29, 0.717) is 6.04 Å². The zero-order valence-corrected chi connectivity index (χ0v) is 13.4. The van der Waals surface area contributed by atoms with Gasteiger partial charge in [0.25, 0.3) is 0 Å². The Morgan fingerprint density at radius 2 is 1.90 bits per heavy atom. The molecule has 0 spiro atoms. The van der Waals surface area contributed by atoms with Gasteiger partial charge in [-0.05, 0) is 35.4 Å². The van der Waals surface area contributed by atoms with Gasteiger partial charge < -0.3 is 5.32 Å². The van der Waals surface area contributed by atoms with E-state index in [1.54, 1.807) is 0 Å². The van der Waals surface area contributed by atoms with Crippen molar-refractivity contribution in [2.24, 2.45) is 0 Å². The van der Waals surface area contributed by atoms with Crippen LogP contribution in [0, 0.1) is 0 Å². The van der Waals surface area contributed by atoms with E-state index < -0.39 is 0 Å². The lowest BCUT2D eigenvalue weighted by Crippen LogP contribution is -2.21. The maximum absolute atomic E-state index is 3.76. The summed E-state index contributed by atoms with van der Waals surface area (Å²) >= 11 is 1.87. The third-order valence-electron chi connectivity index (χ3n) is 3.78. The van der Waals surface area contributed by atoms with Crippen LogP contribution >= 0.6 is 11.3 Å². The summed E-state index contributed by atoms with van der Waals surface area (Å²) in [5, 5.41) is 5.97. The number of thiophene rings is 1. The van der Waals surface area contributed by atoms with Crippen molar-refractivity contribution in [3.05, 3.63) is 57.8 Å². The van der Waals surface area contributed by atoms with Crippen LogP contribution in [0.25, 0.3) is 0 Å². The number of aryl methyl sites for hydroxylation is 1. The van der Waals surface area contributed by atoms with Crippen LogP contribution in [0.2, 0.25) is 0 Å². The van der Waals surface area contributed by atoms with E-state index in [-0.39, 0.29) is 0 Å². The zero-order chi connectivity index (χ0) is 14.2. The summed E-state index contributed by atoms with van der Waals surface area (Å²) in [5.74, 6) is 0. The first kappa shape index (κ1) is 15.3. The fraction of sp³-hybridized carbons (Fsp3) is 0.444. The first-order chi connectivity index (χ1) is 9.85. The van der Waals surface area contributed by atoms with Crippen LogP contribution in [0.5, 0.6) is 0 Å². The van der Waals surface area contributed by atoms with Gasteiger partial charge >= 0.3 is 0 Å². The van der Waals surface area contributed by atoms with Gasteiger partial charge in [-0.3, -0.25) is 0 Å². The maximum atomic E-state index is 3.76. The number of nitrogens with one attached hydrogen (secondary N) is 1. The van der Waals surface area contributed by atoms with Crippen molar-refractivity contribution >= 4 is 11.3 Å². The molecule has 20 heavy (non-hydrogen) atoms. The Morgan fingerprint density at radius 1 is 1.10 bits per heavy atom. The highest BCUT2D eigenvalue weighted by Crippen LogP contribution is 2.22. The molecule has 1 unspecified atom stereocenters. The van der Waals surface area contributed by atoms with E-state index in [1.165, 1.54) is 35.3 Å². The highest BCUT2D eigenvalue weighted by Gasteiger charge is 2.11. The molecule has 0 fully saturated rings. The lowest BCUT2D eigenvalue weighted by molar-refractivity contribution is 0.482. The van der Waals surface area contributed by atoms with Gasteiger partial charge in [-0.1, -0.05) is 57.0 Å². The van der Waals surface area contributed by atoms with E-state index in [9.17, 15) is 0 Å². The van der Waals surface area contributed by atoms with Gasteiger partial charge in [0.05, 0.1) is 0 Å². The van der Waals surface area contributed by atoms with Gasteiger partial charge in [0.2, 0.25) is 0 Å². The average molecular weight is 287 g/mol. The molecule has 0 saturated heterocycles. The molecule has 0 amide bonds. The molecule has 1 aromatic heterocycles. The summed E-state index contributed by atoms with van der Waals surface area (Å²) in [7, 11) is 0. The smallest absolute Gasteiger partial charge is 0.0323 e. The molecule has 2 aromatic rings. The number of hydrogen-bond acceptors (Lipinski definition) is 2. The van der Waals surface area contributed by atoms with E-state index in [1.807, 2.05) is 11.3 Å². The Morgan fingerprint density at radius 3 is 2.60 bits per heavy atom. The maximum Gasteiger partial charge on any atom is 0.0323 e. The fourth-order valence-electron chi connectivity index (χ4n) is 2.53. The van der Waals surface area contributed by atoms with E-state index >= 15 is 0 Å². The molecule has 1 nitrogen and oxygen atoms in total. The van der Waals surface area contributed by atoms with Crippen LogP contribution < -0.4 is 5.32 Å². The molecule has 1 N–H and O–H groups in total. The topological polar surface area (TPSA) is 12.0 Å². The van der Waals surface area contributed by atoms with Gasteiger partial charge in [0.1, 0.15) is 0 Å². The molecule has 0 bridgehead atoms. The van der Waals surface area contributed by atoms with Crippen LogP contribution in [-0.4, -0.2) is 0 Å². The molecule has 0 aliphatic carbocycles. The lowest BCUT2D eigenvalue weighted by atomic mass is 10.0. The second-order valence-electron chi connectivity index (χ2n) is 5.21. The Bertz CT molecular complexity index is 489. The first-order valence-electron chi connectivity index (χ1n) is 7.68. The minimum absolute atomic E-state index is 0.475. The Hall–Kier alpha value is -1.12. The van der Waals surface area contributed by atoms with Gasteiger partial charge in [-0.2, -0.15) is 0 Å². The molecule has 108 valence electrons. The third-order valence-corrected chi connectivity index (χ3v) is 4.74. The van der Waals surface area contributed by atoms with Crippen molar-refractivity contribution in [2.45, 2.75) is 52.1 Å². The Labute approximate surface area is 127 Å². The van der Waals surface area contributed by atoms with Crippen molar-refractivity contribution in [1.82, 2.24) is 5.32 Å². The predicted octanol–water partition coefficient (Wildman–Crippen LogP) is 5.33. The van der Waals surface area contributed by atoms with Crippen LogP contribution in [0.4, 0.5) is 0 Å². The summed E-state index contributed by atoms with van der Waals surface area (Å²) < 4.78 is 0. The van der Waals surface area contributed by atoms with Crippen molar-refractivity contribution in [3.8, 4) is 0 Å². The van der Waals surface area contributed by atoms with Crippen molar-refractivity contribution in [3.63, 3.8) is 0 Å². The molecule has 1 atom stereocenters. The van der Waals surface area contributed by atoms with Crippen LogP contribution in [-0.2, 0) is 13.0 Å². The van der Waals surface area contributed by atoms with Crippen molar-refractivity contribution in [1.29, 1.82) is 0 Å². The van der Waals surface area contributed by atoms with Crippen molar-refractivity contribution in [2.75, 3.05) is 0 Å². The second-order valence-corrected chi connectivity index (χ2v) is 6.21. The van der Waals surface area contributed by atoms with Gasteiger partial charge in [0.15, 0.2) is 0 Å². The standard InChI is InChI=1S/C18H25NS/c1-3-5-11-17(16-9-7-6-8-10-16)19-14-18-15(4-2)12-13-20-18/h6-10,12-13,17,19H,3-5,11,14H2,1-2H3. The molecule has 2 heteroatoms. The lowest BCUT2D eigenvalue weighted by Gasteiger charge is -2.19. The molecular formula is C18H25NS. The molecule has 0 aliphatic heterocycles. The SMILES string of the molecule is CCCCC(NCc1sccc1CC)c1ccccc1. The average Bonchev–Trinajstić information content (AvgIpc) is 2.96. The number of hydrogen-bond donors (Lipinski definition) is 1. The number of rotatable bonds is 8. The molecule has 0 saturated carbocycles. The summed E-state index contributed by atoms with van der Waals surface area (Å²) in [6, 6.07) is 13.6. The molecular weight excluding hydrogens is 262 g/mol. The van der Waals surface area contributed by atoms with Gasteiger partial charge in [0, 0.05) is 17.5 Å². The summed E-state index contributed by atoms with van der Waals surface area (Å²) in [6.07, 6.45) is 4.88. The highest BCUT2D eigenvalue weighted by atomic mass is 32.1. The Kier molecular flexibility index (Phi) is 6.28. The van der Waals surface area contributed by atoms with Crippen LogP contribution in [0.3, 0.4) is 0 Å². The minimum atomic E-state index is 0.475. The van der Waals surface area contributed by atoms with E-state index in [4.69, 9.17) is 0 Å². The number of benzene rings is 1. The second kappa shape index (κ2) is 8.23. The third kappa shape index (κ3) is 4.19. The molecule has 1 heterocycles. The van der Waals surface area contributed by atoms with Gasteiger partial charge in [-0.25, -0.2) is 0 Å². The number of unbranched alkanes of at least 4 members (excludes halogenated alkanes) is 1. The van der Waals surface area contributed by atoms with Crippen LogP contribution in [0.1, 0.15) is 55.2 Å². The largest absolute Gasteiger partial charge is 0.305 e. The van der Waals surface area contributed by atoms with Gasteiger partial charge in [-0.15, -0.1) is 11.3 Å². The highest BCUT2D eigenvalue weighted by molar-refractivity contribution is 7.10. The summed E-state index contributed by atoms with van der Waals surface area (Å²) in [5.41, 5.74) is 2.90. The van der Waals surface area contributed by atoms with Crippen molar-refractivity contribution < 1.29 is 0 Å². The normalized spacial score (nSPS) is 12.5. The Balaban J connectivity index is 2.01. The molecule has 1 aromatic carbocycles. The summed E-state index contributed by atoms with van der Waals surface area (Å²) in [6.45, 7) is 5.48. The van der Waals surface area contributed by atoms with E-state index in [0.717, 1.165) is 13.0 Å². The fourth-order valence-corrected chi connectivity index (χ4v) is 3.46. The predicted molar refractivity (Wildman–Crippen MR) is 89.2 cm³/mol. The minimum Gasteiger partial charge on any atom is -0.305 e. The van der Waals surface area contributed by atoms with E-state index in [2.05, 4.69) is 60.9 Å². The molecule has 2 rings (SSSR count). The first-order valence-corrected chi connectivity index (χ1v) is 8.56. The zero-order valence-electron chi connectivity index (χ0n) is 12.6. The molecule has 0 aliphatic rings. The molecule has 0 radical (unpaired) electrons. The monoisotopic (exact) mass is 287 g/mol. The quantitative estimate of drug-likeness (QED) is 0.692. The summed E-state index contributed by atoms with van der Waals surface area (Å²) in [4.78, 5) is 1.49.